The SMILES string of the molecule is COc1cc2c(N3CCN[C@@H](C)CC3)c(C(N)=O)c(=O)n([C@@H](C)c3cc(F)cc(C#N)c3)c2cc1C(F)(F)F. The van der Waals surface area contributed by atoms with Crippen molar-refractivity contribution in [2.45, 2.75) is 38.5 Å². The molecule has 1 saturated heterocycles. The third kappa shape index (κ3) is 5.27. The van der Waals surface area contributed by atoms with Crippen molar-refractivity contribution < 1.29 is 27.1 Å². The predicted molar refractivity (Wildman–Crippen MR) is 138 cm³/mol. The zero-order valence-corrected chi connectivity index (χ0v) is 21.5. The van der Waals surface area contributed by atoms with E-state index in [9.17, 15) is 32.4 Å². The Labute approximate surface area is 221 Å². The van der Waals surface area contributed by atoms with Gasteiger partial charge >= 0.3 is 6.18 Å². The number of rotatable bonds is 5. The molecule has 1 fully saturated rings. The molecule has 2 atom stereocenters. The molecule has 206 valence electrons. The fraction of sp³-hybridized carbons (Fsp3) is 0.370. The number of nitriles is 1. The van der Waals surface area contributed by atoms with Crippen LogP contribution in [0.2, 0.25) is 0 Å². The van der Waals surface area contributed by atoms with E-state index in [-0.39, 0.29) is 33.8 Å². The number of nitrogens with one attached hydrogen (secondary N) is 1. The Hall–Kier alpha value is -4.11. The molecule has 1 aliphatic rings. The second kappa shape index (κ2) is 10.6. The number of halogens is 4. The summed E-state index contributed by atoms with van der Waals surface area (Å²) in [4.78, 5) is 28.5. The summed E-state index contributed by atoms with van der Waals surface area (Å²) in [7, 11) is 1.09. The lowest BCUT2D eigenvalue weighted by Crippen LogP contribution is -2.37. The highest BCUT2D eigenvalue weighted by Crippen LogP contribution is 2.42. The van der Waals surface area contributed by atoms with E-state index in [2.05, 4.69) is 5.32 Å². The third-order valence-corrected chi connectivity index (χ3v) is 7.00. The molecule has 0 spiro atoms. The minimum atomic E-state index is -4.83. The number of fused-ring (bicyclic) bond motifs is 1. The lowest BCUT2D eigenvalue weighted by atomic mass is 9.99. The highest BCUT2D eigenvalue weighted by atomic mass is 19.4. The van der Waals surface area contributed by atoms with E-state index in [4.69, 9.17) is 10.5 Å². The van der Waals surface area contributed by atoms with Crippen LogP contribution in [0.5, 0.6) is 5.75 Å². The Morgan fingerprint density at radius 1 is 1.23 bits per heavy atom. The van der Waals surface area contributed by atoms with Gasteiger partial charge in [-0.3, -0.25) is 9.59 Å². The maximum atomic E-state index is 14.3. The summed E-state index contributed by atoms with van der Waals surface area (Å²) < 4.78 is 62.6. The first-order valence-corrected chi connectivity index (χ1v) is 12.2. The van der Waals surface area contributed by atoms with Gasteiger partial charge < -0.3 is 25.3 Å². The van der Waals surface area contributed by atoms with Gasteiger partial charge in [-0.1, -0.05) is 0 Å². The van der Waals surface area contributed by atoms with Crippen LogP contribution in [0.1, 0.15) is 53.4 Å². The van der Waals surface area contributed by atoms with Gasteiger partial charge in [0, 0.05) is 31.1 Å². The van der Waals surface area contributed by atoms with Crippen LogP contribution < -0.4 is 26.2 Å². The maximum absolute atomic E-state index is 14.3. The number of carbonyl (C=O) groups is 1. The van der Waals surface area contributed by atoms with E-state index >= 15 is 0 Å². The number of alkyl halides is 3. The van der Waals surface area contributed by atoms with Crippen LogP contribution in [0, 0.1) is 17.1 Å². The van der Waals surface area contributed by atoms with E-state index in [1.807, 2.05) is 13.0 Å². The summed E-state index contributed by atoms with van der Waals surface area (Å²) in [5.74, 6) is -2.31. The molecule has 8 nitrogen and oxygen atoms in total. The second-order valence-electron chi connectivity index (χ2n) is 9.52. The van der Waals surface area contributed by atoms with Crippen molar-refractivity contribution in [1.29, 1.82) is 5.26 Å². The molecule has 0 saturated carbocycles. The molecular formula is C27H27F4N5O3. The molecule has 3 aromatic rings. The van der Waals surface area contributed by atoms with E-state index in [0.717, 1.165) is 35.9 Å². The number of methoxy groups -OCH3 is 1. The zero-order chi connectivity index (χ0) is 28.6. The Bertz CT molecular complexity index is 1540. The molecule has 1 aliphatic heterocycles. The van der Waals surface area contributed by atoms with Gasteiger partial charge in [0.15, 0.2) is 0 Å². The quantitative estimate of drug-likeness (QED) is 0.470. The van der Waals surface area contributed by atoms with Gasteiger partial charge in [-0.25, -0.2) is 4.39 Å². The van der Waals surface area contributed by atoms with Crippen LogP contribution >= 0.6 is 0 Å². The third-order valence-electron chi connectivity index (χ3n) is 7.00. The molecule has 0 radical (unpaired) electrons. The van der Waals surface area contributed by atoms with Gasteiger partial charge in [0.2, 0.25) is 0 Å². The number of ether oxygens (including phenoxy) is 1. The van der Waals surface area contributed by atoms with Crippen molar-refractivity contribution in [3.63, 3.8) is 0 Å². The summed E-state index contributed by atoms with van der Waals surface area (Å²) in [5, 5.41) is 12.7. The van der Waals surface area contributed by atoms with Crippen molar-refractivity contribution in [2.75, 3.05) is 31.6 Å². The van der Waals surface area contributed by atoms with Crippen molar-refractivity contribution in [3.05, 3.63) is 68.8 Å². The summed E-state index contributed by atoms with van der Waals surface area (Å²) in [5.41, 5.74) is 3.35. The molecule has 39 heavy (non-hydrogen) atoms. The van der Waals surface area contributed by atoms with Crippen molar-refractivity contribution in [2.24, 2.45) is 5.73 Å². The smallest absolute Gasteiger partial charge is 0.420 e. The van der Waals surface area contributed by atoms with Crippen LogP contribution in [-0.4, -0.2) is 43.3 Å². The molecular weight excluding hydrogens is 518 g/mol. The first-order valence-electron chi connectivity index (χ1n) is 12.2. The molecule has 1 aromatic heterocycles. The summed E-state index contributed by atoms with van der Waals surface area (Å²) in [6.45, 7) is 4.71. The molecule has 3 N–H and O–H groups in total. The monoisotopic (exact) mass is 545 g/mol. The number of carbonyl (C=O) groups excluding carboxylic acids is 1. The first-order chi connectivity index (χ1) is 18.4. The molecule has 4 rings (SSSR count). The Morgan fingerprint density at radius 2 is 1.95 bits per heavy atom. The number of primary amides is 1. The molecule has 2 heterocycles. The molecule has 1 amide bonds. The van der Waals surface area contributed by atoms with Crippen LogP contribution in [0.3, 0.4) is 0 Å². The summed E-state index contributed by atoms with van der Waals surface area (Å²) in [6, 6.07) is 6.24. The Balaban J connectivity index is 2.15. The lowest BCUT2D eigenvalue weighted by molar-refractivity contribution is -0.138. The number of pyridine rings is 1. The largest absolute Gasteiger partial charge is 0.496 e. The van der Waals surface area contributed by atoms with Gasteiger partial charge in [-0.05, 0) is 56.2 Å². The normalized spacial score (nSPS) is 17.0. The van der Waals surface area contributed by atoms with Crippen molar-refractivity contribution >= 4 is 22.5 Å². The van der Waals surface area contributed by atoms with Gasteiger partial charge in [0.05, 0.1) is 41.6 Å². The molecule has 0 aliphatic carbocycles. The van der Waals surface area contributed by atoms with Gasteiger partial charge in [0.25, 0.3) is 11.5 Å². The first kappa shape index (κ1) is 27.9. The summed E-state index contributed by atoms with van der Waals surface area (Å²) >= 11 is 0. The van der Waals surface area contributed by atoms with Crippen molar-refractivity contribution in [1.82, 2.24) is 9.88 Å². The minimum Gasteiger partial charge on any atom is -0.496 e. The number of aromatic nitrogens is 1. The number of nitrogens with zero attached hydrogens (tertiary/aromatic N) is 3. The van der Waals surface area contributed by atoms with Gasteiger partial charge in [0.1, 0.15) is 17.1 Å². The number of amides is 1. The van der Waals surface area contributed by atoms with E-state index in [1.54, 1.807) is 4.90 Å². The Morgan fingerprint density at radius 3 is 2.56 bits per heavy atom. The van der Waals surface area contributed by atoms with E-state index in [0.29, 0.717) is 26.1 Å². The van der Waals surface area contributed by atoms with E-state index in [1.165, 1.54) is 13.0 Å². The second-order valence-corrected chi connectivity index (χ2v) is 9.52. The number of benzene rings is 2. The van der Waals surface area contributed by atoms with Gasteiger partial charge in [-0.2, -0.15) is 18.4 Å². The van der Waals surface area contributed by atoms with Crippen LogP contribution in [-0.2, 0) is 6.18 Å². The number of hydrogen-bond acceptors (Lipinski definition) is 6. The molecule has 2 aromatic carbocycles. The standard InChI is InChI=1S/C27H27F4N5O3/c1-14-4-6-35(7-5-34-14)24-19-11-22(39-3)20(27(29,30)31)12-21(19)36(26(38)23(24)25(33)37)15(2)17-8-16(13-32)9-18(28)10-17/h8-12,14-15,34H,4-7H2,1-3H3,(H2,33,37)/t14-,15-/m0/s1. The average molecular weight is 546 g/mol. The number of hydrogen-bond donors (Lipinski definition) is 2. The van der Waals surface area contributed by atoms with Gasteiger partial charge in [-0.15, -0.1) is 0 Å². The number of anilines is 1. The molecule has 12 heteroatoms. The van der Waals surface area contributed by atoms with Crippen LogP contribution in [0.25, 0.3) is 10.9 Å². The topological polar surface area (TPSA) is 113 Å². The summed E-state index contributed by atoms with van der Waals surface area (Å²) in [6.07, 6.45) is -4.20. The van der Waals surface area contributed by atoms with Crippen molar-refractivity contribution in [3.8, 4) is 11.8 Å². The van der Waals surface area contributed by atoms with Crippen LogP contribution in [0.4, 0.5) is 23.2 Å². The van der Waals surface area contributed by atoms with Crippen LogP contribution in [0.15, 0.2) is 35.1 Å². The Kier molecular flexibility index (Phi) is 7.57. The minimum absolute atomic E-state index is 0.0372. The predicted octanol–water partition coefficient (Wildman–Crippen LogP) is 3.94. The molecule has 0 bridgehead atoms. The highest BCUT2D eigenvalue weighted by Gasteiger charge is 2.37. The lowest BCUT2D eigenvalue weighted by Gasteiger charge is -2.29. The maximum Gasteiger partial charge on any atom is 0.420 e. The fourth-order valence-electron chi connectivity index (χ4n) is 5.05. The molecule has 0 unspecified atom stereocenters. The highest BCUT2D eigenvalue weighted by molar-refractivity contribution is 6.07. The number of nitrogens with two attached hydrogens (primary N) is 1. The fourth-order valence-corrected chi connectivity index (χ4v) is 5.05. The average Bonchev–Trinajstić information content (AvgIpc) is 3.09. The zero-order valence-electron chi connectivity index (χ0n) is 21.5. The van der Waals surface area contributed by atoms with E-state index < -0.39 is 46.4 Å².